The van der Waals surface area contributed by atoms with E-state index in [-0.39, 0.29) is 12.0 Å². The van der Waals surface area contributed by atoms with Crippen molar-refractivity contribution in [3.8, 4) is 0 Å². The summed E-state index contributed by atoms with van der Waals surface area (Å²) < 4.78 is 0. The minimum absolute atomic E-state index is 0.190. The van der Waals surface area contributed by atoms with Gasteiger partial charge in [0.05, 0.1) is 0 Å². The van der Waals surface area contributed by atoms with Crippen molar-refractivity contribution in [1.82, 2.24) is 0 Å². The summed E-state index contributed by atoms with van der Waals surface area (Å²) in [5.74, 6) is 0.190. The smallest absolute Gasteiger partial charge is 0.294 e. The van der Waals surface area contributed by atoms with Crippen LogP contribution in [0.1, 0.15) is 20.8 Å². The molecule has 0 fully saturated rings. The SMILES string of the molecule is CC(C)[C@H](C)O[N+](=O)[O-]. The molecule has 0 aliphatic rings. The summed E-state index contributed by atoms with van der Waals surface area (Å²) in [4.78, 5) is 13.9. The lowest BCUT2D eigenvalue weighted by molar-refractivity contribution is -0.769. The van der Waals surface area contributed by atoms with Gasteiger partial charge in [-0.05, 0) is 12.8 Å². The second-order valence-corrected chi connectivity index (χ2v) is 2.28. The molecular weight excluding hydrogens is 122 g/mol. The summed E-state index contributed by atoms with van der Waals surface area (Å²) in [6.07, 6.45) is -0.306. The molecular formula is C5H11NO3. The van der Waals surface area contributed by atoms with Crippen molar-refractivity contribution in [2.75, 3.05) is 0 Å². The summed E-state index contributed by atoms with van der Waals surface area (Å²) in [5.41, 5.74) is 0. The Kier molecular flexibility index (Phi) is 2.98. The summed E-state index contributed by atoms with van der Waals surface area (Å²) >= 11 is 0. The largest absolute Gasteiger partial charge is 0.311 e. The van der Waals surface area contributed by atoms with Crippen molar-refractivity contribution in [2.24, 2.45) is 5.92 Å². The predicted octanol–water partition coefficient (Wildman–Crippen LogP) is 1.24. The van der Waals surface area contributed by atoms with Crippen LogP contribution in [0.5, 0.6) is 0 Å². The quantitative estimate of drug-likeness (QED) is 0.430. The van der Waals surface area contributed by atoms with Crippen LogP contribution in [0.25, 0.3) is 0 Å². The molecule has 1 atom stereocenters. The van der Waals surface area contributed by atoms with Crippen molar-refractivity contribution in [2.45, 2.75) is 26.9 Å². The van der Waals surface area contributed by atoms with Gasteiger partial charge in [-0.1, -0.05) is 13.8 Å². The predicted molar refractivity (Wildman–Crippen MR) is 32.4 cm³/mol. The van der Waals surface area contributed by atoms with E-state index in [0.29, 0.717) is 0 Å². The van der Waals surface area contributed by atoms with E-state index in [1.807, 2.05) is 13.8 Å². The number of rotatable bonds is 3. The number of hydrogen-bond donors (Lipinski definition) is 0. The molecule has 0 saturated carbocycles. The highest BCUT2D eigenvalue weighted by Crippen LogP contribution is 2.03. The van der Waals surface area contributed by atoms with Crippen LogP contribution >= 0.6 is 0 Å². The van der Waals surface area contributed by atoms with Crippen molar-refractivity contribution < 1.29 is 9.92 Å². The third-order valence-corrected chi connectivity index (χ3v) is 1.19. The summed E-state index contributed by atoms with van der Waals surface area (Å²) in [6.45, 7) is 5.41. The van der Waals surface area contributed by atoms with Crippen molar-refractivity contribution in [1.29, 1.82) is 0 Å². The van der Waals surface area contributed by atoms with Crippen molar-refractivity contribution >= 4 is 0 Å². The Balaban J connectivity index is 3.50. The first-order valence-corrected chi connectivity index (χ1v) is 2.85. The molecule has 0 aromatic heterocycles. The Morgan fingerprint density at radius 1 is 1.44 bits per heavy atom. The maximum Gasteiger partial charge on any atom is 0.294 e. The molecule has 0 radical (unpaired) electrons. The normalized spacial score (nSPS) is 13.3. The topological polar surface area (TPSA) is 52.4 Å². The minimum atomic E-state index is -0.759. The maximum absolute atomic E-state index is 9.70. The van der Waals surface area contributed by atoms with Crippen LogP contribution in [0.2, 0.25) is 0 Å². The zero-order valence-electron chi connectivity index (χ0n) is 5.83. The molecule has 0 rings (SSSR count). The third kappa shape index (κ3) is 3.76. The average Bonchev–Trinajstić information content (AvgIpc) is 1.63. The highest BCUT2D eigenvalue weighted by Gasteiger charge is 2.09. The first-order valence-electron chi connectivity index (χ1n) is 2.85. The highest BCUT2D eigenvalue weighted by atomic mass is 17.0. The molecule has 9 heavy (non-hydrogen) atoms. The molecule has 0 saturated heterocycles. The standard InChI is InChI=1S/C5H11NO3/c1-4(2)5(3)9-6(7)8/h4-5H,1-3H3/t5-/m0/s1. The Morgan fingerprint density at radius 2 is 1.89 bits per heavy atom. The van der Waals surface area contributed by atoms with Crippen molar-refractivity contribution in [3.63, 3.8) is 0 Å². The van der Waals surface area contributed by atoms with Gasteiger partial charge in [-0.15, -0.1) is 10.1 Å². The summed E-state index contributed by atoms with van der Waals surface area (Å²) in [5, 5.41) is 8.94. The van der Waals surface area contributed by atoms with Gasteiger partial charge in [-0.3, -0.25) is 0 Å². The molecule has 0 aliphatic heterocycles. The monoisotopic (exact) mass is 133 g/mol. The fourth-order valence-electron chi connectivity index (χ4n) is 0.257. The lowest BCUT2D eigenvalue weighted by Crippen LogP contribution is -2.18. The van der Waals surface area contributed by atoms with Gasteiger partial charge in [0.25, 0.3) is 5.09 Å². The molecule has 0 aromatic rings. The molecule has 0 spiro atoms. The van der Waals surface area contributed by atoms with Crippen LogP contribution < -0.4 is 0 Å². The van der Waals surface area contributed by atoms with Gasteiger partial charge >= 0.3 is 0 Å². The number of hydrogen-bond acceptors (Lipinski definition) is 3. The molecule has 4 heteroatoms. The summed E-state index contributed by atoms with van der Waals surface area (Å²) in [7, 11) is 0. The molecule has 0 unspecified atom stereocenters. The van der Waals surface area contributed by atoms with Gasteiger partial charge in [0.1, 0.15) is 6.10 Å². The van der Waals surface area contributed by atoms with E-state index in [0.717, 1.165) is 0 Å². The first-order chi connectivity index (χ1) is 4.04. The van der Waals surface area contributed by atoms with Gasteiger partial charge in [0, 0.05) is 0 Å². The van der Waals surface area contributed by atoms with E-state index in [1.165, 1.54) is 0 Å². The molecule has 0 bridgehead atoms. The second-order valence-electron chi connectivity index (χ2n) is 2.28. The van der Waals surface area contributed by atoms with Gasteiger partial charge < -0.3 is 4.84 Å². The maximum atomic E-state index is 9.70. The molecule has 0 aromatic carbocycles. The molecule has 0 heterocycles. The zero-order chi connectivity index (χ0) is 7.44. The fraction of sp³-hybridized carbons (Fsp3) is 1.00. The molecule has 4 nitrogen and oxygen atoms in total. The summed E-state index contributed by atoms with van der Waals surface area (Å²) in [6, 6.07) is 0. The molecule has 54 valence electrons. The van der Waals surface area contributed by atoms with Crippen LogP contribution in [-0.4, -0.2) is 11.2 Å². The van der Waals surface area contributed by atoms with Crippen molar-refractivity contribution in [3.05, 3.63) is 10.1 Å². The van der Waals surface area contributed by atoms with E-state index >= 15 is 0 Å². The van der Waals surface area contributed by atoms with E-state index in [4.69, 9.17) is 0 Å². The van der Waals surface area contributed by atoms with Crippen LogP contribution in [0.15, 0.2) is 0 Å². The Hall–Kier alpha value is -0.800. The highest BCUT2D eigenvalue weighted by molar-refractivity contribution is 4.50. The minimum Gasteiger partial charge on any atom is -0.311 e. The van der Waals surface area contributed by atoms with E-state index in [2.05, 4.69) is 4.84 Å². The van der Waals surface area contributed by atoms with Crippen LogP contribution in [-0.2, 0) is 4.84 Å². The van der Waals surface area contributed by atoms with E-state index < -0.39 is 5.09 Å². The Labute approximate surface area is 53.9 Å². The fourth-order valence-corrected chi connectivity index (χ4v) is 0.257. The lowest BCUT2D eigenvalue weighted by Gasteiger charge is -2.11. The molecule has 0 N–H and O–H groups in total. The zero-order valence-corrected chi connectivity index (χ0v) is 5.83. The van der Waals surface area contributed by atoms with E-state index in [1.54, 1.807) is 6.92 Å². The van der Waals surface area contributed by atoms with Crippen LogP contribution in [0, 0.1) is 16.0 Å². The van der Waals surface area contributed by atoms with Gasteiger partial charge in [-0.25, -0.2) is 0 Å². The van der Waals surface area contributed by atoms with Gasteiger partial charge in [-0.2, -0.15) is 0 Å². The van der Waals surface area contributed by atoms with Crippen LogP contribution in [0.4, 0.5) is 0 Å². The van der Waals surface area contributed by atoms with Gasteiger partial charge in [0.15, 0.2) is 0 Å². The molecule has 0 aliphatic carbocycles. The second kappa shape index (κ2) is 3.27. The number of nitrogens with zero attached hydrogens (tertiary/aromatic N) is 1. The first kappa shape index (κ1) is 8.20. The van der Waals surface area contributed by atoms with Crippen LogP contribution in [0.3, 0.4) is 0 Å². The Morgan fingerprint density at radius 3 is 2.00 bits per heavy atom. The van der Waals surface area contributed by atoms with E-state index in [9.17, 15) is 10.1 Å². The lowest BCUT2D eigenvalue weighted by atomic mass is 10.1. The third-order valence-electron chi connectivity index (χ3n) is 1.19. The molecule has 0 amide bonds. The average molecular weight is 133 g/mol. The Bertz CT molecular complexity index is 102. The van der Waals surface area contributed by atoms with Gasteiger partial charge in [0.2, 0.25) is 0 Å².